The lowest BCUT2D eigenvalue weighted by Gasteiger charge is -2.02. The summed E-state index contributed by atoms with van der Waals surface area (Å²) in [7, 11) is 0. The van der Waals surface area contributed by atoms with Crippen LogP contribution in [-0.4, -0.2) is 5.16 Å². The average molecular weight is 256 g/mol. The fourth-order valence-corrected chi connectivity index (χ4v) is 2.62. The Hall–Kier alpha value is -2.07. The maximum atomic E-state index is 5.90. The van der Waals surface area contributed by atoms with E-state index in [4.69, 9.17) is 10.3 Å². The fourth-order valence-electron chi connectivity index (χ4n) is 1.98. The van der Waals surface area contributed by atoms with Crippen LogP contribution in [0.15, 0.2) is 45.6 Å². The predicted octanol–water partition coefficient (Wildman–Crippen LogP) is 3.96. The number of thiophene rings is 1. The third-order valence-corrected chi connectivity index (χ3v) is 3.50. The van der Waals surface area contributed by atoms with Gasteiger partial charge in [-0.1, -0.05) is 35.0 Å². The monoisotopic (exact) mass is 256 g/mol. The molecule has 0 aliphatic carbocycles. The van der Waals surface area contributed by atoms with Crippen molar-refractivity contribution < 1.29 is 4.52 Å². The van der Waals surface area contributed by atoms with Crippen molar-refractivity contribution in [2.75, 3.05) is 5.73 Å². The maximum Gasteiger partial charge on any atom is 0.230 e. The normalized spacial score (nSPS) is 10.7. The Morgan fingerprint density at radius 2 is 2.11 bits per heavy atom. The van der Waals surface area contributed by atoms with Crippen molar-refractivity contribution in [3.8, 4) is 22.4 Å². The summed E-state index contributed by atoms with van der Waals surface area (Å²) in [6.45, 7) is 2.05. The van der Waals surface area contributed by atoms with Crippen molar-refractivity contribution in [3.63, 3.8) is 0 Å². The molecule has 18 heavy (non-hydrogen) atoms. The molecule has 3 rings (SSSR count). The summed E-state index contributed by atoms with van der Waals surface area (Å²) in [5.74, 6) is 0.363. The first-order valence-corrected chi connectivity index (χ1v) is 6.55. The molecule has 90 valence electrons. The Balaban J connectivity index is 2.20. The van der Waals surface area contributed by atoms with E-state index in [0.29, 0.717) is 5.88 Å². The quantitative estimate of drug-likeness (QED) is 0.755. The molecule has 0 bridgehead atoms. The number of hydrogen-bond acceptors (Lipinski definition) is 4. The zero-order valence-electron chi connectivity index (χ0n) is 9.88. The summed E-state index contributed by atoms with van der Waals surface area (Å²) < 4.78 is 5.15. The third kappa shape index (κ3) is 1.80. The summed E-state index contributed by atoms with van der Waals surface area (Å²) in [6, 6.07) is 10.2. The van der Waals surface area contributed by atoms with E-state index in [1.54, 1.807) is 11.3 Å². The largest absolute Gasteiger partial charge is 0.367 e. The molecule has 2 N–H and O–H groups in total. The van der Waals surface area contributed by atoms with Crippen LogP contribution in [0.4, 0.5) is 5.88 Å². The molecule has 0 fully saturated rings. The maximum absolute atomic E-state index is 5.90. The van der Waals surface area contributed by atoms with Gasteiger partial charge in [0.2, 0.25) is 5.88 Å². The number of aryl methyl sites for hydroxylation is 1. The molecule has 0 amide bonds. The van der Waals surface area contributed by atoms with E-state index in [2.05, 4.69) is 24.2 Å². The van der Waals surface area contributed by atoms with E-state index in [0.717, 1.165) is 22.4 Å². The lowest BCUT2D eigenvalue weighted by atomic mass is 10.0. The highest BCUT2D eigenvalue weighted by Crippen LogP contribution is 2.37. The number of nitrogens with zero attached hydrogens (tertiary/aromatic N) is 1. The SMILES string of the molecule is Cc1cccc(-c2c(-c3ccsc3)noc2N)c1. The first-order valence-electron chi connectivity index (χ1n) is 5.60. The molecule has 0 saturated heterocycles. The van der Waals surface area contributed by atoms with Gasteiger partial charge in [-0.2, -0.15) is 11.3 Å². The van der Waals surface area contributed by atoms with Gasteiger partial charge < -0.3 is 10.3 Å². The predicted molar refractivity (Wildman–Crippen MR) is 74.4 cm³/mol. The summed E-state index contributed by atoms with van der Waals surface area (Å²) in [5, 5.41) is 8.12. The molecule has 0 saturated carbocycles. The lowest BCUT2D eigenvalue weighted by molar-refractivity contribution is 0.439. The van der Waals surface area contributed by atoms with E-state index in [-0.39, 0.29) is 0 Å². The molecule has 0 atom stereocenters. The van der Waals surface area contributed by atoms with E-state index in [1.807, 2.05) is 29.0 Å². The number of nitrogen functional groups attached to an aromatic ring is 1. The van der Waals surface area contributed by atoms with Crippen LogP contribution in [-0.2, 0) is 0 Å². The molecular weight excluding hydrogens is 244 g/mol. The zero-order valence-corrected chi connectivity index (χ0v) is 10.7. The van der Waals surface area contributed by atoms with Gasteiger partial charge >= 0.3 is 0 Å². The smallest absolute Gasteiger partial charge is 0.230 e. The number of anilines is 1. The van der Waals surface area contributed by atoms with Gasteiger partial charge in [0.25, 0.3) is 0 Å². The molecule has 4 heteroatoms. The second kappa shape index (κ2) is 4.31. The molecule has 0 spiro atoms. The van der Waals surface area contributed by atoms with Crippen LogP contribution in [0, 0.1) is 6.92 Å². The zero-order chi connectivity index (χ0) is 12.5. The van der Waals surface area contributed by atoms with Gasteiger partial charge in [0.1, 0.15) is 5.69 Å². The molecule has 1 aromatic carbocycles. The second-order valence-electron chi connectivity index (χ2n) is 4.15. The molecule has 3 aromatic rings. The number of benzene rings is 1. The van der Waals surface area contributed by atoms with Crippen molar-refractivity contribution in [2.45, 2.75) is 6.92 Å². The number of hydrogen-bond donors (Lipinski definition) is 1. The topological polar surface area (TPSA) is 52.0 Å². The Morgan fingerprint density at radius 3 is 2.83 bits per heavy atom. The summed E-state index contributed by atoms with van der Waals surface area (Å²) in [6.07, 6.45) is 0. The molecule has 0 radical (unpaired) electrons. The van der Waals surface area contributed by atoms with Crippen LogP contribution in [0.5, 0.6) is 0 Å². The molecule has 3 nitrogen and oxygen atoms in total. The van der Waals surface area contributed by atoms with Gasteiger partial charge in [-0.15, -0.1) is 0 Å². The summed E-state index contributed by atoms with van der Waals surface area (Å²) in [4.78, 5) is 0. The second-order valence-corrected chi connectivity index (χ2v) is 4.93. The van der Waals surface area contributed by atoms with Crippen LogP contribution >= 0.6 is 11.3 Å². The van der Waals surface area contributed by atoms with Gasteiger partial charge in [0, 0.05) is 10.9 Å². The minimum Gasteiger partial charge on any atom is -0.367 e. The minimum atomic E-state index is 0.363. The van der Waals surface area contributed by atoms with Crippen molar-refractivity contribution in [1.82, 2.24) is 5.16 Å². The molecule has 0 aliphatic rings. The van der Waals surface area contributed by atoms with E-state index in [1.165, 1.54) is 5.56 Å². The highest BCUT2D eigenvalue weighted by Gasteiger charge is 2.17. The fraction of sp³-hybridized carbons (Fsp3) is 0.0714. The van der Waals surface area contributed by atoms with Crippen molar-refractivity contribution >= 4 is 17.2 Å². The Bertz CT molecular complexity index is 671. The van der Waals surface area contributed by atoms with Crippen LogP contribution in [0.25, 0.3) is 22.4 Å². The molecule has 0 unspecified atom stereocenters. The number of aromatic nitrogens is 1. The number of nitrogens with two attached hydrogens (primary N) is 1. The highest BCUT2D eigenvalue weighted by molar-refractivity contribution is 7.08. The van der Waals surface area contributed by atoms with E-state index >= 15 is 0 Å². The van der Waals surface area contributed by atoms with Gasteiger partial charge in [0.05, 0.1) is 5.56 Å². The van der Waals surface area contributed by atoms with Crippen LogP contribution in [0.2, 0.25) is 0 Å². The Morgan fingerprint density at radius 1 is 1.22 bits per heavy atom. The first-order chi connectivity index (χ1) is 8.75. The molecule has 2 heterocycles. The summed E-state index contributed by atoms with van der Waals surface area (Å²) >= 11 is 1.63. The van der Waals surface area contributed by atoms with Gasteiger partial charge in [-0.25, -0.2) is 0 Å². The van der Waals surface area contributed by atoms with Crippen molar-refractivity contribution in [1.29, 1.82) is 0 Å². The minimum absolute atomic E-state index is 0.363. The lowest BCUT2D eigenvalue weighted by Crippen LogP contribution is -1.87. The van der Waals surface area contributed by atoms with Crippen LogP contribution in [0.1, 0.15) is 5.56 Å². The van der Waals surface area contributed by atoms with Gasteiger partial charge in [-0.3, -0.25) is 0 Å². The Kier molecular flexibility index (Phi) is 2.64. The molecular formula is C14H12N2OS. The van der Waals surface area contributed by atoms with Crippen molar-refractivity contribution in [2.24, 2.45) is 0 Å². The van der Waals surface area contributed by atoms with Crippen LogP contribution < -0.4 is 5.73 Å². The van der Waals surface area contributed by atoms with Gasteiger partial charge in [-0.05, 0) is 23.9 Å². The molecule has 0 aliphatic heterocycles. The van der Waals surface area contributed by atoms with Gasteiger partial charge in [0.15, 0.2) is 0 Å². The van der Waals surface area contributed by atoms with Crippen molar-refractivity contribution in [3.05, 3.63) is 46.7 Å². The van der Waals surface area contributed by atoms with E-state index < -0.39 is 0 Å². The number of rotatable bonds is 2. The third-order valence-electron chi connectivity index (χ3n) is 2.82. The van der Waals surface area contributed by atoms with E-state index in [9.17, 15) is 0 Å². The first kappa shape index (κ1) is 11.0. The average Bonchev–Trinajstić information content (AvgIpc) is 2.97. The summed E-state index contributed by atoms with van der Waals surface area (Å²) in [5.41, 5.74) is 10.8. The Labute approximate surface area is 109 Å². The highest BCUT2D eigenvalue weighted by atomic mass is 32.1. The molecule has 2 aromatic heterocycles. The standard InChI is InChI=1S/C14H12N2OS/c1-9-3-2-4-10(7-9)12-13(16-17-14(12)15)11-5-6-18-8-11/h2-8H,15H2,1H3. The van der Waals surface area contributed by atoms with Crippen LogP contribution in [0.3, 0.4) is 0 Å².